The summed E-state index contributed by atoms with van der Waals surface area (Å²) in [6, 6.07) is 5.67. The van der Waals surface area contributed by atoms with Gasteiger partial charge in [-0.3, -0.25) is 19.7 Å². The van der Waals surface area contributed by atoms with E-state index in [4.69, 9.17) is 0 Å². The molecule has 0 atom stereocenters. The molecule has 8 heteroatoms. The molecule has 0 aliphatic heterocycles. The van der Waals surface area contributed by atoms with Crippen LogP contribution >= 0.6 is 45.2 Å². The van der Waals surface area contributed by atoms with Crippen molar-refractivity contribution in [3.63, 3.8) is 0 Å². The van der Waals surface area contributed by atoms with Crippen molar-refractivity contribution in [3.8, 4) is 0 Å². The molecule has 0 saturated heterocycles. The molecule has 0 spiro atoms. The summed E-state index contributed by atoms with van der Waals surface area (Å²) in [7, 11) is 0. The summed E-state index contributed by atoms with van der Waals surface area (Å²) in [5, 5.41) is 10.7. The smallest absolute Gasteiger partial charge is 0.306 e. The van der Waals surface area contributed by atoms with Gasteiger partial charge < -0.3 is 4.74 Å². The fraction of sp³-hybridized carbons (Fsp3) is 0.500. The lowest BCUT2D eigenvalue weighted by Gasteiger charge is -2.02. The SMILES string of the molecule is CC.CC(I)I.CCOC(=O)CCC(=O)c1ccccc1[N+](=O)[O-]. The molecule has 0 aliphatic rings. The third-order valence-electron chi connectivity index (χ3n) is 2.26. The molecular formula is C16H23I2NO5. The maximum atomic E-state index is 11.8. The Labute approximate surface area is 170 Å². The van der Waals surface area contributed by atoms with Crippen molar-refractivity contribution < 1.29 is 19.2 Å². The number of carbonyl (C=O) groups is 2. The van der Waals surface area contributed by atoms with Crippen molar-refractivity contribution in [1.82, 2.24) is 0 Å². The van der Waals surface area contributed by atoms with Crippen LogP contribution in [-0.2, 0) is 9.53 Å². The molecule has 0 N–H and O–H groups in total. The largest absolute Gasteiger partial charge is 0.466 e. The van der Waals surface area contributed by atoms with E-state index >= 15 is 0 Å². The molecule has 0 bridgehead atoms. The Balaban J connectivity index is 0. The number of nitrogens with zero attached hydrogens (tertiary/aromatic N) is 1. The zero-order chi connectivity index (χ0) is 19.1. The fourth-order valence-corrected chi connectivity index (χ4v) is 1.45. The Morgan fingerprint density at radius 2 is 1.71 bits per heavy atom. The van der Waals surface area contributed by atoms with Gasteiger partial charge in [-0.05, 0) is 19.9 Å². The Morgan fingerprint density at radius 3 is 2.17 bits per heavy atom. The summed E-state index contributed by atoms with van der Waals surface area (Å²) in [6.45, 7) is 8.06. The second-order valence-corrected chi connectivity index (χ2v) is 10.1. The van der Waals surface area contributed by atoms with Crippen LogP contribution in [0.5, 0.6) is 0 Å². The number of carbonyl (C=O) groups excluding carboxylic acids is 2. The van der Waals surface area contributed by atoms with Gasteiger partial charge in [-0.25, -0.2) is 0 Å². The van der Waals surface area contributed by atoms with Crippen molar-refractivity contribution in [2.45, 2.75) is 42.5 Å². The summed E-state index contributed by atoms with van der Waals surface area (Å²) in [5.41, 5.74) is -0.224. The minimum absolute atomic E-state index is 0.0202. The molecule has 0 unspecified atom stereocenters. The van der Waals surface area contributed by atoms with E-state index < -0.39 is 16.7 Å². The third-order valence-corrected chi connectivity index (χ3v) is 2.26. The Morgan fingerprint density at radius 1 is 1.21 bits per heavy atom. The monoisotopic (exact) mass is 563 g/mol. The second kappa shape index (κ2) is 15.7. The van der Waals surface area contributed by atoms with E-state index in [0.29, 0.717) is 0 Å². The van der Waals surface area contributed by atoms with Gasteiger partial charge in [0.2, 0.25) is 0 Å². The van der Waals surface area contributed by atoms with Crippen molar-refractivity contribution in [3.05, 3.63) is 39.9 Å². The van der Waals surface area contributed by atoms with E-state index in [1.54, 1.807) is 13.0 Å². The number of para-hydroxylation sites is 1. The summed E-state index contributed by atoms with van der Waals surface area (Å²) in [5.74, 6) is -0.917. The minimum atomic E-state index is -0.613. The van der Waals surface area contributed by atoms with E-state index in [9.17, 15) is 19.7 Å². The Hall–Kier alpha value is -0.780. The number of nitro groups is 1. The molecule has 1 aromatic rings. The highest BCUT2D eigenvalue weighted by molar-refractivity contribution is 14.2. The Kier molecular flexibility index (Phi) is 16.7. The quantitative estimate of drug-likeness (QED) is 0.116. The third kappa shape index (κ3) is 12.6. The number of ketones is 1. The van der Waals surface area contributed by atoms with E-state index in [0.717, 1.165) is 1.93 Å². The van der Waals surface area contributed by atoms with Crippen molar-refractivity contribution >= 4 is 62.6 Å². The Bertz CT molecular complexity index is 518. The van der Waals surface area contributed by atoms with Crippen LogP contribution in [0, 0.1) is 10.1 Å². The number of rotatable bonds is 6. The van der Waals surface area contributed by atoms with Crippen LogP contribution in [0.1, 0.15) is 50.9 Å². The molecule has 6 nitrogen and oxygen atoms in total. The van der Waals surface area contributed by atoms with Gasteiger partial charge in [-0.15, -0.1) is 0 Å². The second-order valence-electron chi connectivity index (χ2n) is 4.02. The first-order valence-corrected chi connectivity index (χ1v) is 9.99. The zero-order valence-electron chi connectivity index (χ0n) is 14.3. The lowest BCUT2D eigenvalue weighted by Crippen LogP contribution is -2.09. The maximum Gasteiger partial charge on any atom is 0.306 e. The first-order chi connectivity index (χ1) is 11.3. The number of esters is 1. The van der Waals surface area contributed by atoms with Crippen LogP contribution in [0.15, 0.2) is 24.3 Å². The summed E-state index contributed by atoms with van der Waals surface area (Å²) >= 11 is 4.66. The molecule has 1 aromatic carbocycles. The van der Waals surface area contributed by atoms with Gasteiger partial charge in [0, 0.05) is 12.5 Å². The van der Waals surface area contributed by atoms with Crippen molar-refractivity contribution in [2.75, 3.05) is 6.61 Å². The van der Waals surface area contributed by atoms with Gasteiger partial charge in [0.25, 0.3) is 5.69 Å². The number of alkyl halides is 2. The van der Waals surface area contributed by atoms with E-state index in [2.05, 4.69) is 56.8 Å². The molecule has 24 heavy (non-hydrogen) atoms. The normalized spacial score (nSPS) is 9.12. The van der Waals surface area contributed by atoms with Gasteiger partial charge in [0.1, 0.15) is 0 Å². The first-order valence-electron chi connectivity index (χ1n) is 7.50. The number of hydrogen-bond donors (Lipinski definition) is 0. The van der Waals surface area contributed by atoms with Crippen LogP contribution in [0.2, 0.25) is 0 Å². The number of ether oxygens (including phenoxy) is 1. The summed E-state index contributed by atoms with van der Waals surface area (Å²) < 4.78 is 5.45. The van der Waals surface area contributed by atoms with Gasteiger partial charge in [-0.1, -0.05) is 71.2 Å². The average Bonchev–Trinajstić information content (AvgIpc) is 2.54. The maximum absolute atomic E-state index is 11.8. The van der Waals surface area contributed by atoms with Crippen molar-refractivity contribution in [1.29, 1.82) is 0 Å². The molecule has 1 rings (SSSR count). The zero-order valence-corrected chi connectivity index (χ0v) is 18.6. The summed E-state index contributed by atoms with van der Waals surface area (Å²) in [6.07, 6.45) is -0.164. The van der Waals surface area contributed by atoms with Crippen LogP contribution in [0.4, 0.5) is 5.69 Å². The first kappa shape index (κ1) is 25.5. The lowest BCUT2D eigenvalue weighted by molar-refractivity contribution is -0.385. The van der Waals surface area contributed by atoms with Crippen LogP contribution < -0.4 is 0 Å². The summed E-state index contributed by atoms with van der Waals surface area (Å²) in [4.78, 5) is 33.0. The molecule has 0 radical (unpaired) electrons. The topological polar surface area (TPSA) is 86.5 Å². The number of hydrogen-bond acceptors (Lipinski definition) is 5. The number of Topliss-reactive ketones (excluding diaryl/α,β-unsaturated/α-hetero) is 1. The van der Waals surface area contributed by atoms with Gasteiger partial charge in [0.15, 0.2) is 5.78 Å². The molecule has 136 valence electrons. The highest BCUT2D eigenvalue weighted by Gasteiger charge is 2.19. The molecule has 0 fully saturated rings. The molecule has 0 heterocycles. The molecule has 0 amide bonds. The highest BCUT2D eigenvalue weighted by atomic mass is 127. The highest BCUT2D eigenvalue weighted by Crippen LogP contribution is 2.19. The molecule has 0 saturated carbocycles. The van der Waals surface area contributed by atoms with Crippen molar-refractivity contribution in [2.24, 2.45) is 0 Å². The fourth-order valence-electron chi connectivity index (χ4n) is 1.45. The van der Waals surface area contributed by atoms with Crippen LogP contribution in [-0.4, -0.2) is 25.2 Å². The molecule has 0 aliphatic carbocycles. The predicted octanol–water partition coefficient (Wildman–Crippen LogP) is 5.35. The predicted molar refractivity (Wildman–Crippen MR) is 112 cm³/mol. The van der Waals surface area contributed by atoms with Crippen LogP contribution in [0.3, 0.4) is 0 Å². The van der Waals surface area contributed by atoms with E-state index in [1.165, 1.54) is 18.2 Å². The van der Waals surface area contributed by atoms with Gasteiger partial charge >= 0.3 is 5.97 Å². The van der Waals surface area contributed by atoms with Gasteiger partial charge in [-0.2, -0.15) is 0 Å². The van der Waals surface area contributed by atoms with Gasteiger partial charge in [0.05, 0.1) is 25.4 Å². The van der Waals surface area contributed by atoms with E-state index in [-0.39, 0.29) is 30.7 Å². The number of benzene rings is 1. The number of nitro benzene ring substituents is 1. The minimum Gasteiger partial charge on any atom is -0.466 e. The van der Waals surface area contributed by atoms with E-state index in [1.807, 2.05) is 13.8 Å². The molecule has 0 aromatic heterocycles. The van der Waals surface area contributed by atoms with Crippen LogP contribution in [0.25, 0.3) is 0 Å². The average molecular weight is 563 g/mol. The number of halogens is 2. The standard InChI is InChI=1S/C12H13NO5.C2H4I2.C2H6/c1-2-18-12(15)8-7-11(14)9-5-3-4-6-10(9)13(16)17;1-2(3)4;1-2/h3-6H,2,7-8H2,1H3;2H,1H3;1-2H3. The lowest BCUT2D eigenvalue weighted by atomic mass is 10.0. The molecular weight excluding hydrogens is 540 g/mol.